The van der Waals surface area contributed by atoms with Gasteiger partial charge in [0, 0.05) is 18.7 Å². The average Bonchev–Trinajstić information content (AvgIpc) is 3.18. The van der Waals surface area contributed by atoms with Gasteiger partial charge in [0.2, 0.25) is 0 Å². The summed E-state index contributed by atoms with van der Waals surface area (Å²) in [5.74, 6) is -0.892. The van der Waals surface area contributed by atoms with E-state index < -0.39 is 15.9 Å². The number of hydrogen-bond acceptors (Lipinski definition) is 4. The SMILES string of the molecule is CCN(c1ccccc1)S(=O)(=O)c1ccc(C(=O)N=c2sc3cccc(F)c3n2CC)cc1. The number of anilines is 1. The van der Waals surface area contributed by atoms with Crippen LogP contribution in [0.1, 0.15) is 24.2 Å². The molecule has 0 atom stereocenters. The maximum atomic E-state index is 14.3. The van der Waals surface area contributed by atoms with Crippen LogP contribution < -0.4 is 9.11 Å². The van der Waals surface area contributed by atoms with E-state index in [1.165, 1.54) is 46.0 Å². The molecule has 9 heteroatoms. The number of amides is 1. The van der Waals surface area contributed by atoms with Gasteiger partial charge in [-0.3, -0.25) is 9.10 Å². The Morgan fingerprint density at radius 3 is 2.33 bits per heavy atom. The minimum absolute atomic E-state index is 0.0808. The summed E-state index contributed by atoms with van der Waals surface area (Å²) >= 11 is 1.23. The van der Waals surface area contributed by atoms with Crippen molar-refractivity contribution in [2.75, 3.05) is 10.8 Å². The smallest absolute Gasteiger partial charge is 0.279 e. The zero-order chi connectivity index (χ0) is 23.6. The van der Waals surface area contributed by atoms with Gasteiger partial charge in [0.05, 0.1) is 20.8 Å². The number of aryl methyl sites for hydroxylation is 1. The summed E-state index contributed by atoms with van der Waals surface area (Å²) in [5, 5.41) is 0. The van der Waals surface area contributed by atoms with Crippen LogP contribution in [0.5, 0.6) is 0 Å². The molecule has 0 bridgehead atoms. The van der Waals surface area contributed by atoms with Gasteiger partial charge in [0.1, 0.15) is 5.82 Å². The maximum absolute atomic E-state index is 14.3. The van der Waals surface area contributed by atoms with Crippen molar-refractivity contribution in [1.29, 1.82) is 0 Å². The van der Waals surface area contributed by atoms with E-state index in [4.69, 9.17) is 0 Å². The molecule has 0 N–H and O–H groups in total. The second-order valence-electron chi connectivity index (χ2n) is 7.16. The first-order valence-corrected chi connectivity index (χ1v) is 12.7. The van der Waals surface area contributed by atoms with Crippen molar-refractivity contribution in [2.45, 2.75) is 25.3 Å². The first-order chi connectivity index (χ1) is 15.9. The molecule has 0 unspecified atom stereocenters. The lowest BCUT2D eigenvalue weighted by molar-refractivity contribution is 0.0997. The lowest BCUT2D eigenvalue weighted by atomic mass is 10.2. The molecule has 0 saturated heterocycles. The van der Waals surface area contributed by atoms with Gasteiger partial charge < -0.3 is 4.57 Å². The molecule has 3 aromatic carbocycles. The van der Waals surface area contributed by atoms with Crippen LogP contribution in [0.3, 0.4) is 0 Å². The molecule has 0 aliphatic heterocycles. The highest BCUT2D eigenvalue weighted by atomic mass is 32.2. The second kappa shape index (κ2) is 9.29. The third-order valence-corrected chi connectivity index (χ3v) is 8.15. The largest absolute Gasteiger partial charge is 0.314 e. The molecule has 0 saturated carbocycles. The van der Waals surface area contributed by atoms with Crippen LogP contribution in [0.15, 0.2) is 82.7 Å². The van der Waals surface area contributed by atoms with Gasteiger partial charge in [-0.2, -0.15) is 4.99 Å². The van der Waals surface area contributed by atoms with Gasteiger partial charge in [-0.25, -0.2) is 12.8 Å². The molecule has 1 heterocycles. The first-order valence-electron chi connectivity index (χ1n) is 10.4. The molecule has 33 heavy (non-hydrogen) atoms. The van der Waals surface area contributed by atoms with Gasteiger partial charge in [0.25, 0.3) is 15.9 Å². The molecule has 0 radical (unpaired) electrons. The molecule has 0 aliphatic rings. The molecular formula is C24H22FN3O3S2. The fourth-order valence-electron chi connectivity index (χ4n) is 3.60. The minimum atomic E-state index is -3.79. The number of fused-ring (bicyclic) bond motifs is 1. The fraction of sp³-hybridized carbons (Fsp3) is 0.167. The Kier molecular flexibility index (Phi) is 6.44. The molecule has 4 rings (SSSR count). The van der Waals surface area contributed by atoms with Crippen molar-refractivity contribution >= 4 is 43.2 Å². The molecular weight excluding hydrogens is 461 g/mol. The second-order valence-corrected chi connectivity index (χ2v) is 10.0. The summed E-state index contributed by atoms with van der Waals surface area (Å²) in [6, 6.07) is 19.3. The summed E-state index contributed by atoms with van der Waals surface area (Å²) in [6.45, 7) is 4.34. The third kappa shape index (κ3) is 4.34. The van der Waals surface area contributed by atoms with Crippen LogP contribution in [0.25, 0.3) is 10.2 Å². The monoisotopic (exact) mass is 483 g/mol. The number of sulfonamides is 1. The number of hydrogen-bond donors (Lipinski definition) is 0. The molecule has 1 amide bonds. The number of aromatic nitrogens is 1. The number of thiazole rings is 1. The van der Waals surface area contributed by atoms with Gasteiger partial charge >= 0.3 is 0 Å². The number of nitrogens with zero attached hydrogens (tertiary/aromatic N) is 3. The van der Waals surface area contributed by atoms with E-state index in [0.29, 0.717) is 27.3 Å². The van der Waals surface area contributed by atoms with Crippen LogP contribution in [-0.2, 0) is 16.6 Å². The van der Waals surface area contributed by atoms with Gasteiger partial charge in [-0.15, -0.1) is 0 Å². The summed E-state index contributed by atoms with van der Waals surface area (Å²) in [6.07, 6.45) is 0. The fourth-order valence-corrected chi connectivity index (χ4v) is 6.18. The Labute approximate surface area is 195 Å². The first kappa shape index (κ1) is 22.9. The molecule has 0 spiro atoms. The molecule has 4 aromatic rings. The van der Waals surface area contributed by atoms with Crippen molar-refractivity contribution in [3.05, 3.63) is 89.0 Å². The Hall–Kier alpha value is -3.30. The summed E-state index contributed by atoms with van der Waals surface area (Å²) in [5.41, 5.74) is 1.23. The number of rotatable bonds is 6. The molecule has 0 fully saturated rings. The van der Waals surface area contributed by atoms with Crippen LogP contribution in [0.4, 0.5) is 10.1 Å². The van der Waals surface area contributed by atoms with Crippen molar-refractivity contribution in [3.63, 3.8) is 0 Å². The van der Waals surface area contributed by atoms with Crippen molar-refractivity contribution in [1.82, 2.24) is 4.57 Å². The predicted octanol–water partition coefficient (Wildman–Crippen LogP) is 4.82. The average molecular weight is 484 g/mol. The Bertz CT molecular complexity index is 1480. The van der Waals surface area contributed by atoms with Crippen molar-refractivity contribution in [2.24, 2.45) is 4.99 Å². The minimum Gasteiger partial charge on any atom is -0.314 e. The number of para-hydroxylation sites is 2. The molecule has 6 nitrogen and oxygen atoms in total. The quantitative estimate of drug-likeness (QED) is 0.395. The van der Waals surface area contributed by atoms with E-state index >= 15 is 0 Å². The van der Waals surface area contributed by atoms with Crippen molar-refractivity contribution < 1.29 is 17.6 Å². The molecule has 170 valence electrons. The standard InChI is InChI=1S/C24H22FN3O3S2/c1-3-27-22-20(25)11-8-12-21(22)32-24(27)26-23(29)17-13-15-19(16-14-17)33(30,31)28(4-2)18-9-6-5-7-10-18/h5-16H,3-4H2,1-2H3. The highest BCUT2D eigenvalue weighted by molar-refractivity contribution is 7.92. The van der Waals surface area contributed by atoms with Gasteiger partial charge in [0.15, 0.2) is 4.80 Å². The van der Waals surface area contributed by atoms with Crippen LogP contribution in [0.2, 0.25) is 0 Å². The van der Waals surface area contributed by atoms with E-state index in [1.54, 1.807) is 47.9 Å². The zero-order valence-electron chi connectivity index (χ0n) is 18.1. The lowest BCUT2D eigenvalue weighted by Gasteiger charge is -2.22. The zero-order valence-corrected chi connectivity index (χ0v) is 19.7. The highest BCUT2D eigenvalue weighted by Crippen LogP contribution is 2.24. The van der Waals surface area contributed by atoms with Crippen molar-refractivity contribution in [3.8, 4) is 0 Å². The Balaban J connectivity index is 1.67. The van der Waals surface area contributed by atoms with Gasteiger partial charge in [-0.1, -0.05) is 35.6 Å². The topological polar surface area (TPSA) is 71.7 Å². The summed E-state index contributed by atoms with van der Waals surface area (Å²) in [7, 11) is -3.79. The van der Waals surface area contributed by atoms with E-state index in [2.05, 4.69) is 4.99 Å². The van der Waals surface area contributed by atoms with E-state index in [0.717, 1.165) is 0 Å². The number of carbonyl (C=O) groups is 1. The third-order valence-electron chi connectivity index (χ3n) is 5.19. The molecule has 1 aromatic heterocycles. The summed E-state index contributed by atoms with van der Waals surface area (Å²) in [4.78, 5) is 17.4. The van der Waals surface area contributed by atoms with E-state index in [1.807, 2.05) is 13.0 Å². The Morgan fingerprint density at radius 1 is 1.00 bits per heavy atom. The number of halogens is 1. The highest BCUT2D eigenvalue weighted by Gasteiger charge is 2.23. The Morgan fingerprint density at radius 2 is 1.70 bits per heavy atom. The van der Waals surface area contributed by atoms with E-state index in [-0.39, 0.29) is 22.8 Å². The number of carbonyl (C=O) groups excluding carboxylic acids is 1. The number of benzene rings is 3. The summed E-state index contributed by atoms with van der Waals surface area (Å²) < 4.78 is 44.2. The van der Waals surface area contributed by atoms with Gasteiger partial charge in [-0.05, 0) is 62.4 Å². The predicted molar refractivity (Wildman–Crippen MR) is 128 cm³/mol. The lowest BCUT2D eigenvalue weighted by Crippen LogP contribution is -2.30. The van der Waals surface area contributed by atoms with E-state index in [9.17, 15) is 17.6 Å². The maximum Gasteiger partial charge on any atom is 0.279 e. The normalized spacial score (nSPS) is 12.3. The van der Waals surface area contributed by atoms with Crippen LogP contribution in [0, 0.1) is 5.82 Å². The van der Waals surface area contributed by atoms with Crippen LogP contribution >= 0.6 is 11.3 Å². The molecule has 0 aliphatic carbocycles. The van der Waals surface area contributed by atoms with Crippen LogP contribution in [-0.4, -0.2) is 25.4 Å².